The minimum Gasteiger partial charge on any atom is -0.478 e. The van der Waals surface area contributed by atoms with E-state index in [0.29, 0.717) is 11.6 Å². The largest absolute Gasteiger partial charge is 0.478 e. The molecule has 0 bridgehead atoms. The zero-order chi connectivity index (χ0) is 15.9. The highest BCUT2D eigenvalue weighted by Gasteiger charge is 2.23. The lowest BCUT2D eigenvalue weighted by Gasteiger charge is -2.33. The Kier molecular flexibility index (Phi) is 4.06. The summed E-state index contributed by atoms with van der Waals surface area (Å²) in [6.07, 6.45) is 0. The highest BCUT2D eigenvalue weighted by Crippen LogP contribution is 2.35. The molecule has 5 nitrogen and oxygen atoms in total. The standard InChI is InChI=1S/C16H21N3O2S/c1-9(2)12-6-11(15(20)21)7-13-14(12)18-16(22-13)19-5-4-17-8-10(19)3/h6-7,9-10,17H,4-5,8H2,1-3H3,(H,20,21). The second-order valence-corrected chi connectivity index (χ2v) is 7.12. The third-order valence-electron chi connectivity index (χ3n) is 4.13. The van der Waals surface area contributed by atoms with Gasteiger partial charge in [0.2, 0.25) is 0 Å². The molecule has 6 heteroatoms. The Morgan fingerprint density at radius 1 is 1.50 bits per heavy atom. The quantitative estimate of drug-likeness (QED) is 0.910. The van der Waals surface area contributed by atoms with Crippen LogP contribution in [0.2, 0.25) is 0 Å². The summed E-state index contributed by atoms with van der Waals surface area (Å²) in [5.41, 5.74) is 2.31. The average molecular weight is 319 g/mol. The van der Waals surface area contributed by atoms with Crippen LogP contribution in [-0.4, -0.2) is 41.7 Å². The lowest BCUT2D eigenvalue weighted by molar-refractivity contribution is 0.0697. The predicted molar refractivity (Wildman–Crippen MR) is 90.3 cm³/mol. The Balaban J connectivity index is 2.11. The molecule has 0 amide bonds. The van der Waals surface area contributed by atoms with Crippen molar-refractivity contribution in [2.45, 2.75) is 32.7 Å². The second-order valence-electron chi connectivity index (χ2n) is 6.12. The van der Waals surface area contributed by atoms with Crippen molar-refractivity contribution in [1.29, 1.82) is 0 Å². The van der Waals surface area contributed by atoms with Gasteiger partial charge in [0.05, 0.1) is 15.8 Å². The fraction of sp³-hybridized carbons (Fsp3) is 0.500. The topological polar surface area (TPSA) is 65.5 Å². The van der Waals surface area contributed by atoms with Gasteiger partial charge in [-0.05, 0) is 30.5 Å². The first-order valence-electron chi connectivity index (χ1n) is 7.62. The maximum Gasteiger partial charge on any atom is 0.335 e. The van der Waals surface area contributed by atoms with Gasteiger partial charge in [-0.1, -0.05) is 25.2 Å². The normalized spacial score (nSPS) is 19.1. The smallest absolute Gasteiger partial charge is 0.335 e. The first-order chi connectivity index (χ1) is 10.5. The summed E-state index contributed by atoms with van der Waals surface area (Å²) in [6.45, 7) is 9.18. The van der Waals surface area contributed by atoms with Crippen molar-refractivity contribution in [3.8, 4) is 0 Å². The molecule has 2 heterocycles. The number of thiazole rings is 1. The molecule has 0 saturated carbocycles. The average Bonchev–Trinajstić information content (AvgIpc) is 2.89. The van der Waals surface area contributed by atoms with Crippen molar-refractivity contribution in [3.05, 3.63) is 23.3 Å². The van der Waals surface area contributed by atoms with Crippen molar-refractivity contribution in [1.82, 2.24) is 10.3 Å². The molecule has 1 aromatic heterocycles. The van der Waals surface area contributed by atoms with Gasteiger partial charge in [-0.15, -0.1) is 0 Å². The molecule has 0 spiro atoms. The molecule has 1 saturated heterocycles. The molecule has 22 heavy (non-hydrogen) atoms. The van der Waals surface area contributed by atoms with E-state index in [9.17, 15) is 9.90 Å². The summed E-state index contributed by atoms with van der Waals surface area (Å²) in [5, 5.41) is 13.7. The van der Waals surface area contributed by atoms with Gasteiger partial charge in [-0.25, -0.2) is 9.78 Å². The van der Waals surface area contributed by atoms with Gasteiger partial charge in [-0.2, -0.15) is 0 Å². The van der Waals surface area contributed by atoms with Crippen LogP contribution in [0.3, 0.4) is 0 Å². The minimum absolute atomic E-state index is 0.247. The van der Waals surface area contributed by atoms with E-state index < -0.39 is 5.97 Å². The van der Waals surface area contributed by atoms with Gasteiger partial charge in [0.25, 0.3) is 0 Å². The van der Waals surface area contributed by atoms with Crippen molar-refractivity contribution >= 4 is 32.7 Å². The van der Waals surface area contributed by atoms with E-state index in [4.69, 9.17) is 4.98 Å². The fourth-order valence-corrected chi connectivity index (χ4v) is 4.02. The first-order valence-corrected chi connectivity index (χ1v) is 8.44. The van der Waals surface area contributed by atoms with Gasteiger partial charge in [-0.3, -0.25) is 0 Å². The molecule has 1 aromatic carbocycles. The zero-order valence-electron chi connectivity index (χ0n) is 13.1. The Bertz CT molecular complexity index is 711. The Hall–Kier alpha value is -1.66. The zero-order valence-corrected chi connectivity index (χ0v) is 13.9. The Labute approximate surface area is 134 Å². The molecule has 1 unspecified atom stereocenters. The van der Waals surface area contributed by atoms with E-state index in [1.807, 2.05) is 0 Å². The SMILES string of the molecule is CC(C)c1cc(C(=O)O)cc2sc(N3CCNCC3C)nc12. The van der Waals surface area contributed by atoms with Crippen LogP contribution < -0.4 is 10.2 Å². The number of carboxylic acid groups (broad SMARTS) is 1. The van der Waals surface area contributed by atoms with E-state index in [2.05, 4.69) is 31.0 Å². The van der Waals surface area contributed by atoms with E-state index in [-0.39, 0.29) is 5.92 Å². The molecule has 0 aliphatic carbocycles. The number of carboxylic acids is 1. The van der Waals surface area contributed by atoms with Gasteiger partial charge in [0, 0.05) is 25.7 Å². The molecule has 1 aliphatic rings. The number of hydrogen-bond acceptors (Lipinski definition) is 5. The lowest BCUT2D eigenvalue weighted by Crippen LogP contribution is -2.49. The van der Waals surface area contributed by atoms with Crippen LogP contribution in [0.15, 0.2) is 12.1 Å². The Morgan fingerprint density at radius 3 is 2.91 bits per heavy atom. The van der Waals surface area contributed by atoms with Crippen LogP contribution in [0.5, 0.6) is 0 Å². The summed E-state index contributed by atoms with van der Waals surface area (Å²) < 4.78 is 0.962. The molecule has 118 valence electrons. The fourth-order valence-electron chi connectivity index (χ4n) is 2.86. The number of rotatable bonds is 3. The number of carbonyl (C=O) groups is 1. The molecule has 3 rings (SSSR count). The number of fused-ring (bicyclic) bond motifs is 1. The number of anilines is 1. The number of benzene rings is 1. The monoisotopic (exact) mass is 319 g/mol. The third kappa shape index (κ3) is 2.68. The number of hydrogen-bond donors (Lipinski definition) is 2. The molecule has 2 aromatic rings. The van der Waals surface area contributed by atoms with Crippen LogP contribution >= 0.6 is 11.3 Å². The molecule has 1 atom stereocenters. The van der Waals surface area contributed by atoms with E-state index >= 15 is 0 Å². The molecular formula is C16H21N3O2S. The molecule has 1 aliphatic heterocycles. The summed E-state index contributed by atoms with van der Waals surface area (Å²) in [5.74, 6) is -0.633. The minimum atomic E-state index is -0.880. The van der Waals surface area contributed by atoms with Crippen LogP contribution in [-0.2, 0) is 0 Å². The first kappa shape index (κ1) is 15.2. The summed E-state index contributed by atoms with van der Waals surface area (Å²) in [6, 6.07) is 3.91. The number of aromatic carboxylic acids is 1. The van der Waals surface area contributed by atoms with Gasteiger partial charge >= 0.3 is 5.97 Å². The predicted octanol–water partition coefficient (Wildman–Crippen LogP) is 2.92. The number of nitrogens with zero attached hydrogens (tertiary/aromatic N) is 2. The number of nitrogens with one attached hydrogen (secondary N) is 1. The van der Waals surface area contributed by atoms with Crippen LogP contribution in [0.4, 0.5) is 5.13 Å². The maximum absolute atomic E-state index is 11.3. The van der Waals surface area contributed by atoms with Crippen molar-refractivity contribution < 1.29 is 9.90 Å². The number of aromatic nitrogens is 1. The van der Waals surface area contributed by atoms with Crippen molar-refractivity contribution in [2.75, 3.05) is 24.5 Å². The van der Waals surface area contributed by atoms with Gasteiger partial charge in [0.15, 0.2) is 5.13 Å². The highest BCUT2D eigenvalue weighted by atomic mass is 32.1. The second kappa shape index (κ2) is 5.85. The number of piperazine rings is 1. The Morgan fingerprint density at radius 2 is 2.27 bits per heavy atom. The molecular weight excluding hydrogens is 298 g/mol. The van der Waals surface area contributed by atoms with Gasteiger partial charge in [0.1, 0.15) is 0 Å². The van der Waals surface area contributed by atoms with Crippen LogP contribution in [0, 0.1) is 0 Å². The molecule has 1 fully saturated rings. The van der Waals surface area contributed by atoms with Crippen molar-refractivity contribution in [2.24, 2.45) is 0 Å². The molecule has 0 radical (unpaired) electrons. The third-order valence-corrected chi connectivity index (χ3v) is 5.17. The van der Waals surface area contributed by atoms with Crippen LogP contribution in [0.1, 0.15) is 42.6 Å². The highest BCUT2D eigenvalue weighted by molar-refractivity contribution is 7.22. The van der Waals surface area contributed by atoms with Gasteiger partial charge < -0.3 is 15.3 Å². The summed E-state index contributed by atoms with van der Waals surface area (Å²) in [4.78, 5) is 18.5. The summed E-state index contributed by atoms with van der Waals surface area (Å²) >= 11 is 1.59. The van der Waals surface area contributed by atoms with E-state index in [0.717, 1.165) is 40.5 Å². The lowest BCUT2D eigenvalue weighted by atomic mass is 9.99. The van der Waals surface area contributed by atoms with Crippen molar-refractivity contribution in [3.63, 3.8) is 0 Å². The van der Waals surface area contributed by atoms with Crippen LogP contribution in [0.25, 0.3) is 10.2 Å². The molecule has 2 N–H and O–H groups in total. The maximum atomic E-state index is 11.3. The van der Waals surface area contributed by atoms with E-state index in [1.165, 1.54) is 0 Å². The van der Waals surface area contributed by atoms with E-state index in [1.54, 1.807) is 23.5 Å². The summed E-state index contributed by atoms with van der Waals surface area (Å²) in [7, 11) is 0.